The number of fused-ring (bicyclic) bond motifs is 1. The number of morpholine rings is 1. The van der Waals surface area contributed by atoms with Crippen LogP contribution in [0.25, 0.3) is 11.3 Å². The van der Waals surface area contributed by atoms with E-state index in [9.17, 15) is 9.59 Å². The molecule has 2 aliphatic heterocycles. The van der Waals surface area contributed by atoms with Crippen LogP contribution in [0.5, 0.6) is 0 Å². The number of aromatic amines is 1. The molecule has 20 heavy (non-hydrogen) atoms. The van der Waals surface area contributed by atoms with Gasteiger partial charge < -0.3 is 9.72 Å². The van der Waals surface area contributed by atoms with Crippen LogP contribution in [0.3, 0.4) is 0 Å². The molecule has 1 saturated heterocycles. The minimum Gasteiger partial charge on any atom is -0.379 e. The zero-order valence-electron chi connectivity index (χ0n) is 11.1. The summed E-state index contributed by atoms with van der Waals surface area (Å²) in [5, 5.41) is 0. The van der Waals surface area contributed by atoms with Crippen LogP contribution in [0.1, 0.15) is 10.4 Å². The van der Waals surface area contributed by atoms with Gasteiger partial charge in [0.25, 0.3) is 5.56 Å². The van der Waals surface area contributed by atoms with Gasteiger partial charge in [0.1, 0.15) is 0 Å². The quantitative estimate of drug-likeness (QED) is 0.847. The highest BCUT2D eigenvalue weighted by atomic mass is 16.5. The molecule has 0 aromatic heterocycles. The number of rotatable bonds is 3. The third kappa shape index (κ3) is 2.50. The first-order chi connectivity index (χ1) is 9.75. The first-order valence-electron chi connectivity index (χ1n) is 6.70. The second kappa shape index (κ2) is 5.56. The van der Waals surface area contributed by atoms with Crippen molar-refractivity contribution in [3.63, 3.8) is 0 Å². The van der Waals surface area contributed by atoms with Gasteiger partial charge in [-0.25, -0.2) is 0 Å². The second-order valence-electron chi connectivity index (χ2n) is 4.88. The molecule has 3 rings (SSSR count). The van der Waals surface area contributed by atoms with Gasteiger partial charge in [-0.1, -0.05) is 24.3 Å². The largest absolute Gasteiger partial charge is 0.379 e. The first kappa shape index (κ1) is 13.0. The number of ether oxygens (including phenoxy) is 1. The predicted molar refractivity (Wildman–Crippen MR) is 75.3 cm³/mol. The van der Waals surface area contributed by atoms with Crippen LogP contribution in [0.15, 0.2) is 35.1 Å². The fraction of sp³-hybridized carbons (Fsp3) is 0.333. The Labute approximate surface area is 116 Å². The number of hydrogen-bond acceptors (Lipinski definition) is 4. The Hall–Kier alpha value is -1.98. The van der Waals surface area contributed by atoms with Crippen LogP contribution in [0.2, 0.25) is 0 Å². The maximum atomic E-state index is 12.4. The molecule has 1 N–H and O–H groups in total. The summed E-state index contributed by atoms with van der Waals surface area (Å²) < 4.78 is 5.26. The number of ketones is 1. The molecule has 1 aliphatic carbocycles. The zero-order chi connectivity index (χ0) is 13.9. The van der Waals surface area contributed by atoms with Crippen LogP contribution in [0, 0.1) is 0 Å². The molecule has 0 atom stereocenters. The lowest BCUT2D eigenvalue weighted by Crippen LogP contribution is -2.40. The second-order valence-corrected chi connectivity index (χ2v) is 4.88. The van der Waals surface area contributed by atoms with Gasteiger partial charge >= 0.3 is 0 Å². The Balaban J connectivity index is 1.89. The van der Waals surface area contributed by atoms with Crippen molar-refractivity contribution >= 4 is 5.78 Å². The summed E-state index contributed by atoms with van der Waals surface area (Å²) in [6, 6.07) is 9.16. The Morgan fingerprint density at radius 1 is 1.20 bits per heavy atom. The Kier molecular flexibility index (Phi) is 3.62. The summed E-state index contributed by atoms with van der Waals surface area (Å²) in [5.41, 5.74) is 1.36. The summed E-state index contributed by atoms with van der Waals surface area (Å²) in [6.07, 6.45) is 0. The SMILES string of the molecule is O=C(CN1CCOCC1)c1c2cccccc-2[nH]c1=O. The number of carbonyl (C=O) groups is 1. The van der Waals surface area contributed by atoms with Gasteiger partial charge in [-0.05, 0) is 6.07 Å². The molecule has 0 saturated carbocycles. The average Bonchev–Trinajstić information content (AvgIpc) is 2.60. The van der Waals surface area contributed by atoms with E-state index in [1.165, 1.54) is 0 Å². The molecule has 2 heterocycles. The molecule has 0 amide bonds. The van der Waals surface area contributed by atoms with Crippen LogP contribution in [-0.4, -0.2) is 48.5 Å². The minimum atomic E-state index is -0.301. The highest BCUT2D eigenvalue weighted by molar-refractivity contribution is 6.03. The highest BCUT2D eigenvalue weighted by Crippen LogP contribution is 2.21. The predicted octanol–water partition coefficient (Wildman–Crippen LogP) is 0.995. The number of carbonyl (C=O) groups excluding carboxylic acids is 1. The molecule has 1 fully saturated rings. The van der Waals surface area contributed by atoms with Crippen molar-refractivity contribution in [2.24, 2.45) is 0 Å². The summed E-state index contributed by atoms with van der Waals surface area (Å²) >= 11 is 0. The third-order valence-electron chi connectivity index (χ3n) is 3.53. The van der Waals surface area contributed by atoms with Crippen LogP contribution < -0.4 is 5.56 Å². The first-order valence-corrected chi connectivity index (χ1v) is 6.70. The number of Topliss-reactive ketones (excluding diaryl/α,β-unsaturated/α-hetero) is 1. The topological polar surface area (TPSA) is 62.4 Å². The van der Waals surface area contributed by atoms with E-state index in [1.807, 2.05) is 29.2 Å². The average molecular weight is 272 g/mol. The van der Waals surface area contributed by atoms with Crippen molar-refractivity contribution in [2.75, 3.05) is 32.8 Å². The summed E-state index contributed by atoms with van der Waals surface area (Å²) in [5.74, 6) is -0.130. The highest BCUT2D eigenvalue weighted by Gasteiger charge is 2.23. The van der Waals surface area contributed by atoms with Crippen molar-refractivity contribution in [1.82, 2.24) is 9.88 Å². The number of nitrogens with one attached hydrogen (secondary N) is 1. The van der Waals surface area contributed by atoms with E-state index in [0.717, 1.165) is 13.1 Å². The lowest BCUT2D eigenvalue weighted by atomic mass is 10.1. The van der Waals surface area contributed by atoms with Crippen molar-refractivity contribution in [1.29, 1.82) is 0 Å². The standard InChI is InChI=1S/C15H16N2O3/c18-13(10-17-6-8-20-9-7-17)14-11-4-2-1-3-5-12(11)16-15(14)19/h1-5H,6-10H2,(H,16,19). The fourth-order valence-corrected chi connectivity index (χ4v) is 2.50. The third-order valence-corrected chi connectivity index (χ3v) is 3.53. The van der Waals surface area contributed by atoms with Crippen LogP contribution >= 0.6 is 0 Å². The summed E-state index contributed by atoms with van der Waals surface area (Å²) in [6.45, 7) is 3.01. The molecule has 0 unspecified atom stereocenters. The van der Waals surface area contributed by atoms with E-state index < -0.39 is 0 Å². The molecule has 104 valence electrons. The summed E-state index contributed by atoms with van der Waals surface area (Å²) in [4.78, 5) is 29.2. The molecule has 0 radical (unpaired) electrons. The molecule has 0 aromatic carbocycles. The van der Waals surface area contributed by atoms with E-state index >= 15 is 0 Å². The Morgan fingerprint density at radius 2 is 1.95 bits per heavy atom. The Bertz CT molecular complexity index is 644. The van der Waals surface area contributed by atoms with Gasteiger partial charge in [0.05, 0.1) is 25.3 Å². The smallest absolute Gasteiger partial charge is 0.260 e. The molecule has 0 aromatic rings. The number of nitrogens with zero attached hydrogens (tertiary/aromatic N) is 1. The van der Waals surface area contributed by atoms with E-state index in [2.05, 4.69) is 4.98 Å². The van der Waals surface area contributed by atoms with Gasteiger partial charge in [-0.3, -0.25) is 14.5 Å². The van der Waals surface area contributed by atoms with Crippen molar-refractivity contribution in [3.8, 4) is 11.3 Å². The van der Waals surface area contributed by atoms with E-state index in [0.29, 0.717) is 24.5 Å². The lowest BCUT2D eigenvalue weighted by molar-refractivity contribution is 0.0371. The Morgan fingerprint density at radius 3 is 2.75 bits per heavy atom. The van der Waals surface area contributed by atoms with Crippen molar-refractivity contribution in [2.45, 2.75) is 0 Å². The minimum absolute atomic E-state index is 0.130. The molecular weight excluding hydrogens is 256 g/mol. The molecule has 5 heteroatoms. The fourth-order valence-electron chi connectivity index (χ4n) is 2.50. The number of hydrogen-bond donors (Lipinski definition) is 1. The van der Waals surface area contributed by atoms with Crippen LogP contribution in [0.4, 0.5) is 0 Å². The monoisotopic (exact) mass is 272 g/mol. The van der Waals surface area contributed by atoms with E-state index in [-0.39, 0.29) is 23.5 Å². The van der Waals surface area contributed by atoms with Crippen molar-refractivity contribution in [3.05, 3.63) is 46.2 Å². The van der Waals surface area contributed by atoms with Gasteiger partial charge in [0, 0.05) is 24.3 Å². The van der Waals surface area contributed by atoms with Gasteiger partial charge in [-0.2, -0.15) is 0 Å². The molecular formula is C15H16N2O3. The van der Waals surface area contributed by atoms with E-state index in [4.69, 9.17) is 4.74 Å². The number of H-pyrrole nitrogens is 1. The van der Waals surface area contributed by atoms with Gasteiger partial charge in [-0.15, -0.1) is 0 Å². The normalized spacial score (nSPS) is 16.4. The zero-order valence-corrected chi connectivity index (χ0v) is 11.1. The van der Waals surface area contributed by atoms with Crippen molar-refractivity contribution < 1.29 is 9.53 Å². The maximum absolute atomic E-state index is 12.4. The number of aromatic nitrogens is 1. The summed E-state index contributed by atoms with van der Waals surface area (Å²) in [7, 11) is 0. The maximum Gasteiger partial charge on any atom is 0.260 e. The van der Waals surface area contributed by atoms with E-state index in [1.54, 1.807) is 6.07 Å². The molecule has 3 aliphatic rings. The van der Waals surface area contributed by atoms with Gasteiger partial charge in [0.2, 0.25) is 0 Å². The van der Waals surface area contributed by atoms with Crippen LogP contribution in [-0.2, 0) is 4.74 Å². The molecule has 0 spiro atoms. The van der Waals surface area contributed by atoms with Gasteiger partial charge in [0.15, 0.2) is 5.78 Å². The lowest BCUT2D eigenvalue weighted by Gasteiger charge is -2.25. The molecule has 0 bridgehead atoms. The molecule has 5 nitrogen and oxygen atoms in total.